The monoisotopic (exact) mass is 369 g/mol. The number of aryl methyl sites for hydroxylation is 2. The maximum atomic E-state index is 4.47. The first-order chi connectivity index (χ1) is 9.17. The van der Waals surface area contributed by atoms with Crippen molar-refractivity contribution in [1.29, 1.82) is 0 Å². The zero-order valence-corrected chi connectivity index (χ0v) is 13.8. The molecule has 0 amide bonds. The lowest BCUT2D eigenvalue weighted by Gasteiger charge is -2.19. The van der Waals surface area contributed by atoms with Gasteiger partial charge in [-0.25, -0.2) is 4.98 Å². The van der Waals surface area contributed by atoms with Gasteiger partial charge < -0.3 is 9.88 Å². The Kier molecular flexibility index (Phi) is 4.99. The Hall–Kier alpha value is -0.880. The van der Waals surface area contributed by atoms with Crippen LogP contribution in [0.1, 0.15) is 29.9 Å². The van der Waals surface area contributed by atoms with Gasteiger partial charge in [0.25, 0.3) is 0 Å². The van der Waals surface area contributed by atoms with Crippen molar-refractivity contribution in [1.82, 2.24) is 14.9 Å². The van der Waals surface area contributed by atoms with Gasteiger partial charge in [0.2, 0.25) is 0 Å². The van der Waals surface area contributed by atoms with Crippen molar-refractivity contribution in [3.05, 3.63) is 51.1 Å². The van der Waals surface area contributed by atoms with Crippen LogP contribution < -0.4 is 5.32 Å². The fraction of sp³-hybridized carbons (Fsp3) is 0.400. The maximum absolute atomic E-state index is 4.47. The van der Waals surface area contributed by atoms with E-state index in [9.17, 15) is 0 Å². The third kappa shape index (κ3) is 3.17. The van der Waals surface area contributed by atoms with Crippen molar-refractivity contribution in [2.24, 2.45) is 0 Å². The van der Waals surface area contributed by atoms with E-state index in [-0.39, 0.29) is 0 Å². The summed E-state index contributed by atoms with van der Waals surface area (Å²) in [5.74, 6) is 1.14. The van der Waals surface area contributed by atoms with E-state index in [2.05, 4.69) is 69.5 Å². The van der Waals surface area contributed by atoms with Crippen molar-refractivity contribution in [3.63, 3.8) is 0 Å². The number of halogens is 1. The van der Waals surface area contributed by atoms with Gasteiger partial charge in [0.15, 0.2) is 0 Å². The van der Waals surface area contributed by atoms with Gasteiger partial charge in [-0.2, -0.15) is 0 Å². The zero-order valence-electron chi connectivity index (χ0n) is 11.7. The molecule has 0 fully saturated rings. The molecular formula is C15H20IN3. The van der Waals surface area contributed by atoms with Crippen molar-refractivity contribution in [3.8, 4) is 0 Å². The smallest absolute Gasteiger partial charge is 0.110 e. The first-order valence-corrected chi connectivity index (χ1v) is 7.67. The standard InChI is InChI=1S/C15H20IN3/c1-4-19-9-8-18-14(19)10-13(17-3)12-7-5-6-11(2)15(12)16/h5-9,13,17H,4,10H2,1-3H3. The lowest BCUT2D eigenvalue weighted by atomic mass is 10.0. The number of aromatic nitrogens is 2. The minimum absolute atomic E-state index is 0.305. The van der Waals surface area contributed by atoms with Gasteiger partial charge in [-0.15, -0.1) is 0 Å². The number of nitrogens with one attached hydrogen (secondary N) is 1. The van der Waals surface area contributed by atoms with Crippen LogP contribution in [0.2, 0.25) is 0 Å². The third-order valence-corrected chi connectivity index (χ3v) is 4.95. The minimum atomic E-state index is 0.305. The third-order valence-electron chi connectivity index (χ3n) is 3.47. The molecule has 4 heteroatoms. The molecule has 1 unspecified atom stereocenters. The summed E-state index contributed by atoms with van der Waals surface area (Å²) in [5.41, 5.74) is 2.69. The molecule has 1 aromatic heterocycles. The summed E-state index contributed by atoms with van der Waals surface area (Å²) >= 11 is 2.44. The number of likely N-dealkylation sites (N-methyl/N-ethyl adjacent to an activating group) is 1. The second-order valence-electron chi connectivity index (χ2n) is 4.65. The number of rotatable bonds is 5. The normalized spacial score (nSPS) is 12.6. The van der Waals surface area contributed by atoms with Crippen molar-refractivity contribution >= 4 is 22.6 Å². The lowest BCUT2D eigenvalue weighted by Crippen LogP contribution is -2.22. The molecule has 2 rings (SSSR count). The van der Waals surface area contributed by atoms with Crippen LogP contribution in [0.15, 0.2) is 30.6 Å². The van der Waals surface area contributed by atoms with Gasteiger partial charge in [-0.05, 0) is 54.6 Å². The SMILES string of the molecule is CCn1ccnc1CC(NC)c1cccc(C)c1I. The van der Waals surface area contributed by atoms with Crippen LogP contribution in [0, 0.1) is 10.5 Å². The van der Waals surface area contributed by atoms with Crippen LogP contribution in [0.5, 0.6) is 0 Å². The molecule has 0 aliphatic carbocycles. The highest BCUT2D eigenvalue weighted by Crippen LogP contribution is 2.25. The Morgan fingerprint density at radius 2 is 2.21 bits per heavy atom. The van der Waals surface area contributed by atoms with Gasteiger partial charge >= 0.3 is 0 Å². The number of imidazole rings is 1. The van der Waals surface area contributed by atoms with Gasteiger partial charge in [-0.3, -0.25) is 0 Å². The Morgan fingerprint density at radius 3 is 2.89 bits per heavy atom. The molecule has 19 heavy (non-hydrogen) atoms. The molecule has 0 radical (unpaired) electrons. The fourth-order valence-electron chi connectivity index (χ4n) is 2.31. The van der Waals surface area contributed by atoms with E-state index in [1.165, 1.54) is 14.7 Å². The fourth-order valence-corrected chi connectivity index (χ4v) is 3.04. The molecule has 0 saturated heterocycles. The van der Waals surface area contributed by atoms with Gasteiger partial charge in [0.1, 0.15) is 5.82 Å². The van der Waals surface area contributed by atoms with E-state index in [1.807, 2.05) is 19.4 Å². The van der Waals surface area contributed by atoms with E-state index >= 15 is 0 Å². The average molecular weight is 369 g/mol. The Morgan fingerprint density at radius 1 is 1.42 bits per heavy atom. The van der Waals surface area contributed by atoms with Gasteiger partial charge in [0, 0.05) is 35.0 Å². The summed E-state index contributed by atoms with van der Waals surface area (Å²) in [6.45, 7) is 5.28. The first kappa shape index (κ1) is 14.5. The van der Waals surface area contributed by atoms with Gasteiger partial charge in [-0.1, -0.05) is 18.2 Å². The molecule has 102 valence electrons. The number of benzene rings is 1. The van der Waals surface area contributed by atoms with Crippen molar-refractivity contribution in [2.45, 2.75) is 32.9 Å². The van der Waals surface area contributed by atoms with E-state index in [0.29, 0.717) is 6.04 Å². The maximum Gasteiger partial charge on any atom is 0.110 e. The van der Waals surface area contributed by atoms with E-state index in [0.717, 1.165) is 18.8 Å². The minimum Gasteiger partial charge on any atom is -0.335 e. The van der Waals surface area contributed by atoms with Crippen molar-refractivity contribution in [2.75, 3.05) is 7.05 Å². The molecule has 1 heterocycles. The number of hydrogen-bond donors (Lipinski definition) is 1. The molecule has 2 aromatic rings. The highest BCUT2D eigenvalue weighted by atomic mass is 127. The van der Waals surface area contributed by atoms with Crippen LogP contribution in [0.3, 0.4) is 0 Å². The van der Waals surface area contributed by atoms with E-state index in [1.54, 1.807) is 0 Å². The molecule has 1 aromatic carbocycles. The van der Waals surface area contributed by atoms with E-state index in [4.69, 9.17) is 0 Å². The molecule has 0 spiro atoms. The molecule has 0 bridgehead atoms. The zero-order chi connectivity index (χ0) is 13.8. The van der Waals surface area contributed by atoms with Crippen LogP contribution >= 0.6 is 22.6 Å². The van der Waals surface area contributed by atoms with Crippen LogP contribution in [-0.4, -0.2) is 16.6 Å². The molecule has 1 atom stereocenters. The quantitative estimate of drug-likeness (QED) is 0.820. The number of hydrogen-bond acceptors (Lipinski definition) is 2. The Labute approximate surface area is 128 Å². The Balaban J connectivity index is 2.28. The predicted molar refractivity (Wildman–Crippen MR) is 87.3 cm³/mol. The average Bonchev–Trinajstić information content (AvgIpc) is 2.87. The summed E-state index contributed by atoms with van der Waals surface area (Å²) < 4.78 is 3.54. The molecule has 0 aliphatic rings. The summed E-state index contributed by atoms with van der Waals surface area (Å²) in [6, 6.07) is 6.79. The number of nitrogens with zero attached hydrogens (tertiary/aromatic N) is 2. The van der Waals surface area contributed by atoms with Gasteiger partial charge in [0.05, 0.1) is 0 Å². The van der Waals surface area contributed by atoms with Crippen LogP contribution in [0.25, 0.3) is 0 Å². The second-order valence-corrected chi connectivity index (χ2v) is 5.73. The molecule has 0 aliphatic heterocycles. The molecule has 3 nitrogen and oxygen atoms in total. The summed E-state index contributed by atoms with van der Waals surface area (Å²) in [6.07, 6.45) is 4.84. The molecule has 1 N–H and O–H groups in total. The second kappa shape index (κ2) is 6.52. The van der Waals surface area contributed by atoms with Crippen LogP contribution in [0.4, 0.5) is 0 Å². The summed E-state index contributed by atoms with van der Waals surface area (Å²) in [4.78, 5) is 4.47. The van der Waals surface area contributed by atoms with Crippen LogP contribution in [-0.2, 0) is 13.0 Å². The first-order valence-electron chi connectivity index (χ1n) is 6.59. The predicted octanol–water partition coefficient (Wildman–Crippen LogP) is 3.32. The topological polar surface area (TPSA) is 29.9 Å². The molecule has 0 saturated carbocycles. The van der Waals surface area contributed by atoms with E-state index < -0.39 is 0 Å². The highest BCUT2D eigenvalue weighted by Gasteiger charge is 2.16. The summed E-state index contributed by atoms with van der Waals surface area (Å²) in [7, 11) is 2.02. The highest BCUT2D eigenvalue weighted by molar-refractivity contribution is 14.1. The largest absolute Gasteiger partial charge is 0.335 e. The lowest BCUT2D eigenvalue weighted by molar-refractivity contribution is 0.551. The summed E-state index contributed by atoms with van der Waals surface area (Å²) in [5, 5.41) is 3.42. The van der Waals surface area contributed by atoms with Crippen molar-refractivity contribution < 1.29 is 0 Å². The molecular weight excluding hydrogens is 349 g/mol. The Bertz CT molecular complexity index is 548.